The van der Waals surface area contributed by atoms with Crippen LogP contribution in [-0.2, 0) is 0 Å². The Balaban J connectivity index is 3.19. The summed E-state index contributed by atoms with van der Waals surface area (Å²) in [7, 11) is -1.57. The first kappa shape index (κ1) is 10.2. The summed E-state index contributed by atoms with van der Waals surface area (Å²) in [5.74, 6) is -0.201. The Morgan fingerprint density at radius 1 is 1.46 bits per heavy atom. The zero-order chi connectivity index (χ0) is 10.0. The molecule has 2 N–H and O–H groups in total. The van der Waals surface area contributed by atoms with Gasteiger partial charge in [0.1, 0.15) is 0 Å². The van der Waals surface area contributed by atoms with Gasteiger partial charge in [0.25, 0.3) is 0 Å². The lowest BCUT2D eigenvalue weighted by Gasteiger charge is -2.03. The molecule has 0 aliphatic carbocycles. The maximum absolute atomic E-state index is 11.0. The Labute approximate surface area is 81.1 Å². The van der Waals surface area contributed by atoms with Crippen molar-refractivity contribution in [3.63, 3.8) is 0 Å². The van der Waals surface area contributed by atoms with E-state index in [0.717, 1.165) is 0 Å². The molecule has 3 nitrogen and oxygen atoms in total. The minimum Gasteiger partial charge on any atom is -0.423 e. The number of hydrogen-bond donors (Lipinski definition) is 2. The number of carbonyl (C=O) groups is 1. The van der Waals surface area contributed by atoms with Gasteiger partial charge in [-0.05, 0) is 18.5 Å². The molecule has 0 aliphatic heterocycles. The molecule has 68 valence electrons. The molecule has 0 aliphatic rings. The van der Waals surface area contributed by atoms with E-state index in [1.165, 1.54) is 25.1 Å². The monoisotopic (exact) mass is 198 g/mol. The van der Waals surface area contributed by atoms with Gasteiger partial charge in [-0.25, -0.2) is 0 Å². The molecule has 0 fully saturated rings. The van der Waals surface area contributed by atoms with Crippen LogP contribution in [0, 0.1) is 0 Å². The minimum atomic E-state index is -1.57. The van der Waals surface area contributed by atoms with Gasteiger partial charge in [-0.2, -0.15) is 0 Å². The summed E-state index contributed by atoms with van der Waals surface area (Å²) >= 11 is 5.71. The lowest BCUT2D eigenvalue weighted by atomic mass is 9.79. The van der Waals surface area contributed by atoms with Crippen LogP contribution in [0.5, 0.6) is 0 Å². The number of halogens is 1. The summed E-state index contributed by atoms with van der Waals surface area (Å²) in [6.07, 6.45) is 0. The lowest BCUT2D eigenvalue weighted by Crippen LogP contribution is -2.30. The van der Waals surface area contributed by atoms with Crippen LogP contribution in [0.1, 0.15) is 17.3 Å². The maximum Gasteiger partial charge on any atom is 0.488 e. The Hall–Kier alpha value is -0.835. The topological polar surface area (TPSA) is 57.5 Å². The molecule has 0 saturated heterocycles. The van der Waals surface area contributed by atoms with Gasteiger partial charge in [0.05, 0.1) is 5.02 Å². The second kappa shape index (κ2) is 3.92. The fourth-order valence-corrected chi connectivity index (χ4v) is 1.22. The summed E-state index contributed by atoms with van der Waals surface area (Å²) in [4.78, 5) is 11.0. The molecule has 0 spiro atoms. The number of rotatable bonds is 2. The van der Waals surface area contributed by atoms with E-state index in [0.29, 0.717) is 10.6 Å². The highest BCUT2D eigenvalue weighted by Crippen LogP contribution is 2.14. The van der Waals surface area contributed by atoms with Crippen molar-refractivity contribution in [3.05, 3.63) is 28.8 Å². The summed E-state index contributed by atoms with van der Waals surface area (Å²) in [6, 6.07) is 4.29. The average Bonchev–Trinajstić information content (AvgIpc) is 2.04. The van der Waals surface area contributed by atoms with Gasteiger partial charge in [0, 0.05) is 5.56 Å². The average molecular weight is 198 g/mol. The van der Waals surface area contributed by atoms with Crippen molar-refractivity contribution >= 4 is 30.0 Å². The maximum atomic E-state index is 11.0. The van der Waals surface area contributed by atoms with Gasteiger partial charge < -0.3 is 10.0 Å². The Kier molecular flexibility index (Phi) is 3.09. The van der Waals surface area contributed by atoms with Gasteiger partial charge in [-0.3, -0.25) is 4.79 Å². The molecule has 1 rings (SSSR count). The fourth-order valence-electron chi connectivity index (χ4n) is 0.973. The van der Waals surface area contributed by atoms with Crippen LogP contribution < -0.4 is 5.46 Å². The third kappa shape index (κ3) is 2.31. The van der Waals surface area contributed by atoms with Crippen molar-refractivity contribution in [3.8, 4) is 0 Å². The molecule has 0 saturated carbocycles. The molecule has 0 atom stereocenters. The van der Waals surface area contributed by atoms with Crippen LogP contribution in [0.2, 0.25) is 5.02 Å². The Morgan fingerprint density at radius 2 is 2.08 bits per heavy atom. The van der Waals surface area contributed by atoms with Crippen LogP contribution in [0.4, 0.5) is 0 Å². The van der Waals surface area contributed by atoms with Crippen LogP contribution in [-0.4, -0.2) is 22.9 Å². The predicted octanol–water partition coefficient (Wildman–Crippen LogP) is 0.222. The van der Waals surface area contributed by atoms with Crippen molar-refractivity contribution in [2.75, 3.05) is 0 Å². The first-order valence-electron chi connectivity index (χ1n) is 3.69. The summed E-state index contributed by atoms with van der Waals surface area (Å²) in [5.41, 5.74) is 0.557. The quantitative estimate of drug-likeness (QED) is 0.528. The Bertz CT molecular complexity index is 338. The first-order chi connectivity index (χ1) is 6.02. The van der Waals surface area contributed by atoms with Crippen LogP contribution >= 0.6 is 11.6 Å². The molecule has 1 aromatic carbocycles. The highest BCUT2D eigenvalue weighted by atomic mass is 35.5. The SMILES string of the molecule is CC(=O)c1cc(B(O)O)ccc1Cl. The normalized spacial score (nSPS) is 9.85. The number of benzene rings is 1. The molecule has 0 heterocycles. The largest absolute Gasteiger partial charge is 0.488 e. The predicted molar refractivity (Wildman–Crippen MR) is 51.3 cm³/mol. The van der Waals surface area contributed by atoms with Gasteiger partial charge >= 0.3 is 7.12 Å². The number of Topliss-reactive ketones (excluding diaryl/α,β-unsaturated/α-hetero) is 1. The van der Waals surface area contributed by atoms with Crippen molar-refractivity contribution in [2.24, 2.45) is 0 Å². The highest BCUT2D eigenvalue weighted by Gasteiger charge is 2.14. The number of hydrogen-bond acceptors (Lipinski definition) is 3. The Morgan fingerprint density at radius 3 is 2.54 bits per heavy atom. The molecule has 13 heavy (non-hydrogen) atoms. The molecule has 0 amide bonds. The minimum absolute atomic E-state index is 0.201. The molecule has 1 aromatic rings. The van der Waals surface area contributed by atoms with E-state index in [1.54, 1.807) is 0 Å². The second-order valence-electron chi connectivity index (χ2n) is 2.67. The molecular formula is C8H8BClO3. The van der Waals surface area contributed by atoms with E-state index in [1.807, 2.05) is 0 Å². The smallest absolute Gasteiger partial charge is 0.423 e. The van der Waals surface area contributed by atoms with Crippen molar-refractivity contribution in [1.82, 2.24) is 0 Å². The van der Waals surface area contributed by atoms with Crippen molar-refractivity contribution < 1.29 is 14.8 Å². The zero-order valence-corrected chi connectivity index (χ0v) is 7.75. The highest BCUT2D eigenvalue weighted by molar-refractivity contribution is 6.58. The van der Waals surface area contributed by atoms with E-state index >= 15 is 0 Å². The van der Waals surface area contributed by atoms with E-state index in [9.17, 15) is 4.79 Å². The molecule has 5 heteroatoms. The van der Waals surface area contributed by atoms with Crippen LogP contribution in [0.25, 0.3) is 0 Å². The summed E-state index contributed by atoms with van der Waals surface area (Å²) < 4.78 is 0. The van der Waals surface area contributed by atoms with E-state index in [2.05, 4.69) is 0 Å². The van der Waals surface area contributed by atoms with Crippen molar-refractivity contribution in [1.29, 1.82) is 0 Å². The molecule has 0 aromatic heterocycles. The zero-order valence-electron chi connectivity index (χ0n) is 6.99. The molecular weight excluding hydrogens is 190 g/mol. The van der Waals surface area contributed by atoms with Gasteiger partial charge in [-0.1, -0.05) is 23.7 Å². The lowest BCUT2D eigenvalue weighted by molar-refractivity contribution is 0.101. The second-order valence-corrected chi connectivity index (χ2v) is 3.08. The summed E-state index contributed by atoms with van der Waals surface area (Å²) in [6.45, 7) is 1.37. The van der Waals surface area contributed by atoms with Gasteiger partial charge in [0.15, 0.2) is 5.78 Å². The molecule has 0 bridgehead atoms. The number of carbonyl (C=O) groups excluding carboxylic acids is 1. The van der Waals surface area contributed by atoms with Gasteiger partial charge in [0.2, 0.25) is 0 Å². The molecule has 0 radical (unpaired) electrons. The van der Waals surface area contributed by atoms with Crippen LogP contribution in [0.15, 0.2) is 18.2 Å². The number of ketones is 1. The molecule has 0 unspecified atom stereocenters. The van der Waals surface area contributed by atoms with E-state index in [-0.39, 0.29) is 11.2 Å². The van der Waals surface area contributed by atoms with E-state index < -0.39 is 7.12 Å². The third-order valence-corrected chi connectivity index (χ3v) is 2.00. The fraction of sp³-hybridized carbons (Fsp3) is 0.125. The van der Waals surface area contributed by atoms with Crippen LogP contribution in [0.3, 0.4) is 0 Å². The van der Waals surface area contributed by atoms with E-state index in [4.69, 9.17) is 21.6 Å². The third-order valence-electron chi connectivity index (χ3n) is 1.67. The van der Waals surface area contributed by atoms with Crippen molar-refractivity contribution in [2.45, 2.75) is 6.92 Å². The summed E-state index contributed by atoms with van der Waals surface area (Å²) in [5, 5.41) is 18.0. The first-order valence-corrected chi connectivity index (χ1v) is 4.06. The van der Waals surface area contributed by atoms with Gasteiger partial charge in [-0.15, -0.1) is 0 Å². The standard InChI is InChI=1S/C8H8BClO3/c1-5(11)7-4-6(9(12)13)2-3-8(7)10/h2-4,12-13H,1H3.